The number of carbonyl (C=O) groups excluding carboxylic acids is 1. The molecule has 0 unspecified atom stereocenters. The van der Waals surface area contributed by atoms with Crippen LogP contribution in [-0.4, -0.2) is 27.8 Å². The summed E-state index contributed by atoms with van der Waals surface area (Å²) in [5.74, 6) is 2.15. The summed E-state index contributed by atoms with van der Waals surface area (Å²) in [6, 6.07) is 9.33. The molecule has 1 aliphatic carbocycles. The van der Waals surface area contributed by atoms with Gasteiger partial charge in [0.25, 0.3) is 0 Å². The van der Waals surface area contributed by atoms with E-state index in [2.05, 4.69) is 15.5 Å². The smallest absolute Gasteiger partial charge is 0.249 e. The van der Waals surface area contributed by atoms with Crippen LogP contribution < -0.4 is 10.1 Å². The molecule has 27 heavy (non-hydrogen) atoms. The molecule has 1 N–H and O–H groups in total. The van der Waals surface area contributed by atoms with E-state index in [1.807, 2.05) is 48.7 Å². The third kappa shape index (κ3) is 3.45. The highest BCUT2D eigenvalue weighted by Crippen LogP contribution is 2.40. The van der Waals surface area contributed by atoms with Gasteiger partial charge in [-0.2, -0.15) is 0 Å². The van der Waals surface area contributed by atoms with Crippen LogP contribution in [0.2, 0.25) is 0 Å². The molecule has 2 aromatic heterocycles. The molecular weight excluding hydrogens is 344 g/mol. The van der Waals surface area contributed by atoms with E-state index in [9.17, 15) is 4.79 Å². The Morgan fingerprint density at radius 2 is 2.07 bits per heavy atom. The Kier molecular flexibility index (Phi) is 4.43. The minimum Gasteiger partial charge on any atom is -0.495 e. The fraction of sp³-hybridized carbons (Fsp3) is 0.350. The lowest BCUT2D eigenvalue weighted by atomic mass is 10.2. The van der Waals surface area contributed by atoms with Crippen LogP contribution in [-0.2, 0) is 11.3 Å². The van der Waals surface area contributed by atoms with Gasteiger partial charge in [0.15, 0.2) is 0 Å². The van der Waals surface area contributed by atoms with Gasteiger partial charge < -0.3 is 19.0 Å². The van der Waals surface area contributed by atoms with Crippen molar-refractivity contribution in [2.75, 3.05) is 12.4 Å². The van der Waals surface area contributed by atoms with Gasteiger partial charge in [-0.3, -0.25) is 4.79 Å². The zero-order valence-corrected chi connectivity index (χ0v) is 15.7. The van der Waals surface area contributed by atoms with Crippen molar-refractivity contribution in [1.82, 2.24) is 14.8 Å². The van der Waals surface area contributed by atoms with Gasteiger partial charge in [-0.05, 0) is 44.9 Å². The minimum absolute atomic E-state index is 0.128. The molecule has 0 spiro atoms. The van der Waals surface area contributed by atoms with Gasteiger partial charge in [-0.1, -0.05) is 12.1 Å². The third-order valence-electron chi connectivity index (χ3n) is 4.85. The van der Waals surface area contributed by atoms with Crippen LogP contribution in [0.4, 0.5) is 5.69 Å². The van der Waals surface area contributed by atoms with E-state index in [4.69, 9.17) is 9.15 Å². The molecule has 0 saturated heterocycles. The predicted octanol–water partition coefficient (Wildman–Crippen LogP) is 3.68. The highest BCUT2D eigenvalue weighted by atomic mass is 16.5. The van der Waals surface area contributed by atoms with Crippen molar-refractivity contribution in [2.45, 2.75) is 39.2 Å². The number of anilines is 1. The van der Waals surface area contributed by atoms with E-state index in [-0.39, 0.29) is 12.5 Å². The largest absolute Gasteiger partial charge is 0.495 e. The van der Waals surface area contributed by atoms with Gasteiger partial charge >= 0.3 is 0 Å². The molecule has 0 radical (unpaired) electrons. The van der Waals surface area contributed by atoms with Crippen molar-refractivity contribution < 1.29 is 13.9 Å². The summed E-state index contributed by atoms with van der Waals surface area (Å²) in [5, 5.41) is 11.2. The van der Waals surface area contributed by atoms with Gasteiger partial charge in [0.05, 0.1) is 18.4 Å². The molecule has 7 nitrogen and oxygen atoms in total. The quantitative estimate of drug-likeness (QED) is 0.720. The maximum atomic E-state index is 12.6. The zero-order chi connectivity index (χ0) is 19.0. The molecule has 1 fully saturated rings. The number of methoxy groups -OCH3 is 1. The number of hydrogen-bond donors (Lipinski definition) is 1. The zero-order valence-electron chi connectivity index (χ0n) is 15.7. The average molecular weight is 366 g/mol. The molecule has 1 saturated carbocycles. The molecule has 1 amide bonds. The summed E-state index contributed by atoms with van der Waals surface area (Å²) in [6.07, 6.45) is 2.23. The van der Waals surface area contributed by atoms with Crippen LogP contribution in [0.25, 0.3) is 11.5 Å². The monoisotopic (exact) mass is 366 g/mol. The van der Waals surface area contributed by atoms with Crippen LogP contribution >= 0.6 is 0 Å². The minimum atomic E-state index is -0.128. The van der Waals surface area contributed by atoms with Crippen molar-refractivity contribution in [3.05, 3.63) is 47.6 Å². The Balaban J connectivity index is 1.53. The second-order valence-corrected chi connectivity index (χ2v) is 6.84. The number of carbonyl (C=O) groups is 1. The van der Waals surface area contributed by atoms with E-state index in [1.54, 1.807) is 7.11 Å². The Morgan fingerprint density at radius 3 is 2.81 bits per heavy atom. The first kappa shape index (κ1) is 17.3. The van der Waals surface area contributed by atoms with Crippen molar-refractivity contribution in [3.63, 3.8) is 0 Å². The van der Waals surface area contributed by atoms with Crippen LogP contribution in [0.5, 0.6) is 5.75 Å². The fourth-order valence-corrected chi connectivity index (χ4v) is 3.18. The van der Waals surface area contributed by atoms with Crippen molar-refractivity contribution in [1.29, 1.82) is 0 Å². The molecule has 1 aromatic carbocycles. The van der Waals surface area contributed by atoms with E-state index in [0.717, 1.165) is 29.8 Å². The molecule has 2 heterocycles. The molecule has 0 bridgehead atoms. The first-order chi connectivity index (χ1) is 13.1. The number of para-hydroxylation sites is 2. The first-order valence-corrected chi connectivity index (χ1v) is 9.00. The molecule has 1 aliphatic rings. The first-order valence-electron chi connectivity index (χ1n) is 9.00. The van der Waals surface area contributed by atoms with Crippen molar-refractivity contribution in [2.24, 2.45) is 0 Å². The highest BCUT2D eigenvalue weighted by molar-refractivity contribution is 5.92. The number of benzene rings is 1. The second kappa shape index (κ2) is 6.90. The molecule has 0 atom stereocenters. The molecule has 3 aromatic rings. The SMILES string of the molecule is COc1ccccc1NC(=O)Cn1c(C)cc(-c2nnc(C3CC3)o2)c1C. The lowest BCUT2D eigenvalue weighted by molar-refractivity contribution is -0.116. The number of rotatable bonds is 6. The Labute approximate surface area is 157 Å². The summed E-state index contributed by atoms with van der Waals surface area (Å²) < 4.78 is 13.0. The summed E-state index contributed by atoms with van der Waals surface area (Å²) in [6.45, 7) is 4.12. The topological polar surface area (TPSA) is 82.2 Å². The number of nitrogens with zero attached hydrogens (tertiary/aromatic N) is 3. The third-order valence-corrected chi connectivity index (χ3v) is 4.85. The predicted molar refractivity (Wildman–Crippen MR) is 101 cm³/mol. The highest BCUT2D eigenvalue weighted by Gasteiger charge is 2.30. The van der Waals surface area contributed by atoms with Gasteiger partial charge in [0.2, 0.25) is 17.7 Å². The van der Waals surface area contributed by atoms with E-state index >= 15 is 0 Å². The van der Waals surface area contributed by atoms with Gasteiger partial charge in [0.1, 0.15) is 12.3 Å². The molecule has 7 heteroatoms. The molecule has 4 rings (SSSR count). The number of nitrogens with one attached hydrogen (secondary N) is 1. The number of ether oxygens (including phenoxy) is 1. The second-order valence-electron chi connectivity index (χ2n) is 6.84. The van der Waals surface area contributed by atoms with E-state index in [1.165, 1.54) is 0 Å². The van der Waals surface area contributed by atoms with Crippen LogP contribution in [0, 0.1) is 13.8 Å². The summed E-state index contributed by atoms with van der Waals surface area (Å²) >= 11 is 0. The maximum Gasteiger partial charge on any atom is 0.249 e. The molecule has 0 aliphatic heterocycles. The Bertz CT molecular complexity index is 985. The van der Waals surface area contributed by atoms with Crippen LogP contribution in [0.3, 0.4) is 0 Å². The van der Waals surface area contributed by atoms with E-state index in [0.29, 0.717) is 29.1 Å². The number of aromatic nitrogens is 3. The fourth-order valence-electron chi connectivity index (χ4n) is 3.18. The average Bonchev–Trinajstić information content (AvgIpc) is 3.34. The molecule has 140 valence electrons. The lowest BCUT2D eigenvalue weighted by Gasteiger charge is -2.12. The summed E-state index contributed by atoms with van der Waals surface area (Å²) in [5.41, 5.74) is 3.41. The van der Waals surface area contributed by atoms with Crippen LogP contribution in [0.15, 0.2) is 34.7 Å². The molecular formula is C20H22N4O3. The van der Waals surface area contributed by atoms with Crippen molar-refractivity contribution >= 4 is 11.6 Å². The Hall–Kier alpha value is -3.09. The lowest BCUT2D eigenvalue weighted by Crippen LogP contribution is -2.20. The van der Waals surface area contributed by atoms with Gasteiger partial charge in [-0.25, -0.2) is 0 Å². The maximum absolute atomic E-state index is 12.6. The van der Waals surface area contributed by atoms with Crippen LogP contribution in [0.1, 0.15) is 36.0 Å². The van der Waals surface area contributed by atoms with Gasteiger partial charge in [-0.15, -0.1) is 10.2 Å². The normalized spacial score (nSPS) is 13.6. The number of hydrogen-bond acceptors (Lipinski definition) is 5. The number of amides is 1. The summed E-state index contributed by atoms with van der Waals surface area (Å²) in [7, 11) is 1.58. The standard InChI is InChI=1S/C20H22N4O3/c1-12-10-15(20-23-22-19(27-20)14-8-9-14)13(2)24(12)11-18(25)21-16-6-4-5-7-17(16)26-3/h4-7,10,14H,8-9,11H2,1-3H3,(H,21,25). The van der Waals surface area contributed by atoms with Crippen molar-refractivity contribution in [3.8, 4) is 17.2 Å². The summed E-state index contributed by atoms with van der Waals surface area (Å²) in [4.78, 5) is 12.6. The Morgan fingerprint density at radius 1 is 1.30 bits per heavy atom. The van der Waals surface area contributed by atoms with Gasteiger partial charge in [0, 0.05) is 17.3 Å². The number of aryl methyl sites for hydroxylation is 1. The van der Waals surface area contributed by atoms with E-state index < -0.39 is 0 Å².